The van der Waals surface area contributed by atoms with Crippen molar-refractivity contribution in [3.63, 3.8) is 0 Å². The van der Waals surface area contributed by atoms with Crippen LogP contribution in [0.5, 0.6) is 0 Å². The topological polar surface area (TPSA) is 70.2 Å². The number of carboxylic acid groups (broad SMARTS) is 1. The lowest BCUT2D eigenvalue weighted by molar-refractivity contribution is 0.0692. The van der Waals surface area contributed by atoms with E-state index in [2.05, 4.69) is 4.37 Å². The molecule has 0 fully saturated rings. The van der Waals surface area contributed by atoms with Crippen molar-refractivity contribution in [1.29, 1.82) is 0 Å². The van der Waals surface area contributed by atoms with E-state index in [0.717, 1.165) is 11.5 Å². The number of carboxylic acids is 1. The normalized spacial score (nSPS) is 9.91. The van der Waals surface area contributed by atoms with Crippen molar-refractivity contribution in [3.05, 3.63) is 15.9 Å². The van der Waals surface area contributed by atoms with Crippen LogP contribution in [0.2, 0.25) is 0 Å². The van der Waals surface area contributed by atoms with E-state index in [0.29, 0.717) is 4.21 Å². The van der Waals surface area contributed by atoms with Gasteiger partial charge in [-0.25, -0.2) is 4.79 Å². The maximum Gasteiger partial charge on any atom is 0.343 e. The first kappa shape index (κ1) is 8.35. The maximum atomic E-state index is 10.8. The van der Waals surface area contributed by atoms with E-state index in [-0.39, 0.29) is 5.56 Å². The summed E-state index contributed by atoms with van der Waals surface area (Å²) in [7, 11) is 0. The van der Waals surface area contributed by atoms with Crippen LogP contribution in [0, 0.1) is 0 Å². The number of hydrogen-bond donors (Lipinski definition) is 2. The van der Waals surface area contributed by atoms with Crippen molar-refractivity contribution < 1.29 is 9.90 Å². The van der Waals surface area contributed by atoms with Crippen molar-refractivity contribution in [2.45, 2.75) is 4.21 Å². The van der Waals surface area contributed by atoms with Crippen LogP contribution in [-0.2, 0) is 0 Å². The van der Waals surface area contributed by atoms with Crippen molar-refractivity contribution in [2.24, 2.45) is 0 Å². The van der Waals surface area contributed by atoms with E-state index in [9.17, 15) is 9.59 Å². The zero-order chi connectivity index (χ0) is 8.43. The van der Waals surface area contributed by atoms with Gasteiger partial charge in [0.15, 0.2) is 5.56 Å². The van der Waals surface area contributed by atoms with Gasteiger partial charge in [0.1, 0.15) is 0 Å². The Morgan fingerprint density at radius 2 is 2.36 bits per heavy atom. The highest BCUT2D eigenvalue weighted by atomic mass is 32.2. The smallest absolute Gasteiger partial charge is 0.343 e. The molecule has 0 aliphatic carbocycles. The molecule has 1 aromatic rings. The largest absolute Gasteiger partial charge is 0.477 e. The van der Waals surface area contributed by atoms with Crippen LogP contribution in [0.15, 0.2) is 9.00 Å². The molecule has 0 saturated heterocycles. The minimum Gasteiger partial charge on any atom is -0.477 e. The summed E-state index contributed by atoms with van der Waals surface area (Å²) in [6, 6.07) is 0. The maximum absolute atomic E-state index is 10.8. The third-order valence-corrected chi connectivity index (χ3v) is 3.07. The van der Waals surface area contributed by atoms with E-state index in [4.69, 9.17) is 5.11 Å². The fourth-order valence-electron chi connectivity index (χ4n) is 0.616. The van der Waals surface area contributed by atoms with Gasteiger partial charge in [-0.2, -0.15) is 0 Å². The zero-order valence-electron chi connectivity index (χ0n) is 5.58. The molecule has 0 atom stereocenters. The minimum absolute atomic E-state index is 0.150. The highest BCUT2D eigenvalue weighted by Gasteiger charge is 2.16. The quantitative estimate of drug-likeness (QED) is 0.680. The Balaban J connectivity index is 3.29. The van der Waals surface area contributed by atoms with Gasteiger partial charge >= 0.3 is 5.97 Å². The van der Waals surface area contributed by atoms with Crippen LogP contribution in [0.3, 0.4) is 0 Å². The standard InChI is InChI=1S/C5H5NO3S2/c1-10-5-2(4(8)9)3(7)6-11-5/h1H3,(H,6,7)(H,8,9). The monoisotopic (exact) mass is 191 g/mol. The molecule has 60 valence electrons. The first-order valence-electron chi connectivity index (χ1n) is 2.65. The molecule has 1 aromatic heterocycles. The van der Waals surface area contributed by atoms with Gasteiger partial charge in [0.25, 0.3) is 5.56 Å². The van der Waals surface area contributed by atoms with Crippen molar-refractivity contribution in [3.8, 4) is 0 Å². The lowest BCUT2D eigenvalue weighted by Crippen LogP contribution is -2.11. The summed E-state index contributed by atoms with van der Waals surface area (Å²) in [5.41, 5.74) is -0.672. The molecule has 0 saturated carbocycles. The van der Waals surface area contributed by atoms with Crippen LogP contribution in [0.25, 0.3) is 0 Å². The van der Waals surface area contributed by atoms with Crippen LogP contribution < -0.4 is 5.56 Å². The predicted octanol–water partition coefficient (Wildman–Crippen LogP) is 0.857. The first-order chi connectivity index (χ1) is 5.16. The second kappa shape index (κ2) is 3.10. The molecule has 1 heterocycles. The SMILES string of the molecule is CSc1s[nH]c(=O)c1C(=O)O. The van der Waals surface area contributed by atoms with Crippen LogP contribution in [0.1, 0.15) is 10.4 Å². The molecule has 11 heavy (non-hydrogen) atoms. The fraction of sp³-hybridized carbons (Fsp3) is 0.200. The third kappa shape index (κ3) is 1.46. The number of thioether (sulfide) groups is 1. The average Bonchev–Trinajstić information content (AvgIpc) is 2.30. The highest BCUT2D eigenvalue weighted by Crippen LogP contribution is 2.20. The number of aromatic nitrogens is 1. The second-order valence-electron chi connectivity index (χ2n) is 1.70. The highest BCUT2D eigenvalue weighted by molar-refractivity contribution is 8.00. The number of carbonyl (C=O) groups is 1. The Kier molecular flexibility index (Phi) is 2.35. The van der Waals surface area contributed by atoms with Crippen LogP contribution >= 0.6 is 23.3 Å². The summed E-state index contributed by atoms with van der Waals surface area (Å²) >= 11 is 2.30. The van der Waals surface area contributed by atoms with Crippen molar-refractivity contribution in [2.75, 3.05) is 6.26 Å². The molecule has 4 nitrogen and oxygen atoms in total. The molecule has 0 radical (unpaired) electrons. The Morgan fingerprint density at radius 3 is 2.73 bits per heavy atom. The van der Waals surface area contributed by atoms with Crippen molar-refractivity contribution >= 4 is 29.3 Å². The predicted molar refractivity (Wildman–Crippen MR) is 43.7 cm³/mol. The number of aromatic amines is 1. The number of aromatic carboxylic acids is 1. The number of H-pyrrole nitrogens is 1. The Bertz CT molecular complexity index is 327. The van der Waals surface area contributed by atoms with E-state index >= 15 is 0 Å². The molecular formula is C5H5NO3S2. The molecule has 0 aromatic carbocycles. The Labute approximate surface area is 70.4 Å². The zero-order valence-corrected chi connectivity index (χ0v) is 7.21. The Morgan fingerprint density at radius 1 is 1.73 bits per heavy atom. The van der Waals surface area contributed by atoms with E-state index in [1.165, 1.54) is 11.8 Å². The van der Waals surface area contributed by atoms with Gasteiger partial charge in [-0.05, 0) is 6.26 Å². The molecule has 0 unspecified atom stereocenters. The molecule has 0 aliphatic rings. The fourth-order valence-corrected chi connectivity index (χ4v) is 2.03. The summed E-state index contributed by atoms with van der Waals surface area (Å²) in [5, 5.41) is 8.54. The lowest BCUT2D eigenvalue weighted by atomic mass is 10.4. The number of hydrogen-bond acceptors (Lipinski definition) is 4. The van der Waals surface area contributed by atoms with Crippen molar-refractivity contribution in [1.82, 2.24) is 4.37 Å². The van der Waals surface area contributed by atoms with E-state index in [1.807, 2.05) is 0 Å². The van der Waals surface area contributed by atoms with Gasteiger partial charge in [-0.3, -0.25) is 9.17 Å². The summed E-state index contributed by atoms with van der Waals surface area (Å²) < 4.78 is 2.87. The lowest BCUT2D eigenvalue weighted by Gasteiger charge is -1.88. The van der Waals surface area contributed by atoms with Gasteiger partial charge in [0.05, 0.1) is 4.21 Å². The number of rotatable bonds is 2. The molecule has 0 amide bonds. The summed E-state index contributed by atoms with van der Waals surface area (Å²) in [4.78, 5) is 21.2. The first-order valence-corrected chi connectivity index (χ1v) is 4.69. The molecule has 1 rings (SSSR count). The molecular weight excluding hydrogens is 186 g/mol. The summed E-state index contributed by atoms with van der Waals surface area (Å²) in [6.45, 7) is 0. The second-order valence-corrected chi connectivity index (χ2v) is 3.60. The molecule has 6 heteroatoms. The summed E-state index contributed by atoms with van der Waals surface area (Å²) in [6.07, 6.45) is 1.73. The van der Waals surface area contributed by atoms with Gasteiger partial charge in [0, 0.05) is 0 Å². The van der Waals surface area contributed by atoms with Gasteiger partial charge in [-0.15, -0.1) is 11.8 Å². The van der Waals surface area contributed by atoms with E-state index in [1.54, 1.807) is 6.26 Å². The van der Waals surface area contributed by atoms with E-state index < -0.39 is 11.5 Å². The minimum atomic E-state index is -1.17. The summed E-state index contributed by atoms with van der Waals surface area (Å²) in [5.74, 6) is -1.17. The number of nitrogens with one attached hydrogen (secondary N) is 1. The Hall–Kier alpha value is -0.750. The van der Waals surface area contributed by atoms with Gasteiger partial charge in [-0.1, -0.05) is 11.5 Å². The van der Waals surface area contributed by atoms with Crippen LogP contribution in [0.4, 0.5) is 0 Å². The molecule has 2 N–H and O–H groups in total. The molecule has 0 spiro atoms. The molecule has 0 bridgehead atoms. The van der Waals surface area contributed by atoms with Crippen LogP contribution in [-0.4, -0.2) is 21.7 Å². The van der Waals surface area contributed by atoms with Gasteiger partial charge < -0.3 is 5.11 Å². The third-order valence-electron chi connectivity index (χ3n) is 1.07. The van der Waals surface area contributed by atoms with Gasteiger partial charge in [0.2, 0.25) is 0 Å². The molecule has 0 aliphatic heterocycles. The average molecular weight is 191 g/mol.